The molecule has 0 aliphatic carbocycles. The molecule has 0 amide bonds. The molecule has 1 heterocycles. The van der Waals surface area contributed by atoms with Crippen LogP contribution in [0.4, 0.5) is 0 Å². The van der Waals surface area contributed by atoms with Gasteiger partial charge in [0.25, 0.3) is 0 Å². The van der Waals surface area contributed by atoms with Crippen LogP contribution >= 0.6 is 31.9 Å². The highest BCUT2D eigenvalue weighted by atomic mass is 79.9. The van der Waals surface area contributed by atoms with E-state index in [0.717, 1.165) is 35.2 Å². The van der Waals surface area contributed by atoms with Gasteiger partial charge in [-0.3, -0.25) is 4.90 Å². The number of alkyl halides is 1. The van der Waals surface area contributed by atoms with Crippen molar-refractivity contribution in [2.24, 2.45) is 0 Å². The lowest BCUT2D eigenvalue weighted by molar-refractivity contribution is -0.127. The molecule has 1 aromatic carbocycles. The van der Waals surface area contributed by atoms with Crippen molar-refractivity contribution >= 4 is 31.9 Å². The molecule has 0 N–H and O–H groups in total. The van der Waals surface area contributed by atoms with Crippen molar-refractivity contribution in [1.29, 1.82) is 0 Å². The normalized spacial score (nSPS) is 22.7. The third kappa shape index (κ3) is 5.02. The summed E-state index contributed by atoms with van der Waals surface area (Å²) in [5.41, 5.74) is -0.0908. The minimum Gasteiger partial charge on any atom is -0.492 e. The molecule has 1 unspecified atom stereocenters. The van der Waals surface area contributed by atoms with E-state index < -0.39 is 0 Å². The average molecular weight is 407 g/mol. The van der Waals surface area contributed by atoms with Crippen LogP contribution in [0.1, 0.15) is 13.8 Å². The fraction of sp³-hybridized carbons (Fsp3) is 0.600. The van der Waals surface area contributed by atoms with Crippen LogP contribution in [0.5, 0.6) is 5.75 Å². The van der Waals surface area contributed by atoms with E-state index in [9.17, 15) is 0 Å². The van der Waals surface area contributed by atoms with E-state index >= 15 is 0 Å². The lowest BCUT2D eigenvalue weighted by Crippen LogP contribution is -2.54. The molecule has 0 spiro atoms. The highest BCUT2D eigenvalue weighted by molar-refractivity contribution is 9.10. The zero-order valence-corrected chi connectivity index (χ0v) is 15.1. The number of halogens is 2. The fourth-order valence-electron chi connectivity index (χ4n) is 2.52. The Hall–Kier alpha value is -0.100. The maximum Gasteiger partial charge on any atom is 0.120 e. The van der Waals surface area contributed by atoms with Gasteiger partial charge in [0.2, 0.25) is 0 Å². The standard InChI is InChI=1S/C15H21Br2NO2/c1-15(2)11-18(10-14(9-16)20-15)6-7-19-13-5-3-4-12(17)8-13/h3-5,8,14H,6-7,9-11H2,1-2H3. The molecule has 0 bridgehead atoms. The molecule has 1 aromatic rings. The molecule has 0 saturated carbocycles. The van der Waals surface area contributed by atoms with Gasteiger partial charge in [0.05, 0.1) is 11.7 Å². The van der Waals surface area contributed by atoms with Gasteiger partial charge in [0.15, 0.2) is 0 Å². The largest absolute Gasteiger partial charge is 0.492 e. The number of hydrogen-bond acceptors (Lipinski definition) is 3. The summed E-state index contributed by atoms with van der Waals surface area (Å²) in [5, 5.41) is 0.874. The minimum absolute atomic E-state index is 0.0908. The number of rotatable bonds is 5. The Labute approximate surface area is 137 Å². The Morgan fingerprint density at radius 1 is 1.45 bits per heavy atom. The molecule has 1 aliphatic rings. The first-order valence-corrected chi connectivity index (χ1v) is 8.74. The van der Waals surface area contributed by atoms with Crippen molar-refractivity contribution in [2.75, 3.05) is 31.6 Å². The summed E-state index contributed by atoms with van der Waals surface area (Å²) >= 11 is 6.97. The van der Waals surface area contributed by atoms with Crippen LogP contribution in [0.25, 0.3) is 0 Å². The van der Waals surface area contributed by atoms with Crippen LogP contribution in [0.2, 0.25) is 0 Å². The molecule has 112 valence electrons. The van der Waals surface area contributed by atoms with E-state index in [2.05, 4.69) is 50.6 Å². The molecule has 2 rings (SSSR count). The van der Waals surface area contributed by atoms with E-state index in [-0.39, 0.29) is 11.7 Å². The topological polar surface area (TPSA) is 21.7 Å². The Bertz CT molecular complexity index is 440. The summed E-state index contributed by atoms with van der Waals surface area (Å²) in [5.74, 6) is 0.906. The van der Waals surface area contributed by atoms with E-state index in [0.29, 0.717) is 6.61 Å². The van der Waals surface area contributed by atoms with Crippen molar-refractivity contribution in [1.82, 2.24) is 4.90 Å². The number of hydrogen-bond donors (Lipinski definition) is 0. The maximum atomic E-state index is 6.00. The second-order valence-electron chi connectivity index (χ2n) is 5.69. The predicted molar refractivity (Wildman–Crippen MR) is 88.8 cm³/mol. The van der Waals surface area contributed by atoms with Crippen LogP contribution in [0.3, 0.4) is 0 Å². The van der Waals surface area contributed by atoms with Gasteiger partial charge in [-0.25, -0.2) is 0 Å². The zero-order valence-electron chi connectivity index (χ0n) is 11.9. The van der Waals surface area contributed by atoms with Crippen LogP contribution in [0.15, 0.2) is 28.7 Å². The number of benzene rings is 1. The van der Waals surface area contributed by atoms with Crippen LogP contribution in [-0.2, 0) is 4.74 Å². The van der Waals surface area contributed by atoms with Crippen molar-refractivity contribution in [3.8, 4) is 5.75 Å². The van der Waals surface area contributed by atoms with Crippen LogP contribution in [-0.4, -0.2) is 48.2 Å². The van der Waals surface area contributed by atoms with Crippen molar-refractivity contribution in [2.45, 2.75) is 25.6 Å². The monoisotopic (exact) mass is 405 g/mol. The van der Waals surface area contributed by atoms with Gasteiger partial charge in [0, 0.05) is 29.4 Å². The number of ether oxygens (including phenoxy) is 2. The molecule has 1 fully saturated rings. The molecule has 0 aromatic heterocycles. The van der Waals surface area contributed by atoms with Crippen molar-refractivity contribution < 1.29 is 9.47 Å². The molecule has 3 nitrogen and oxygen atoms in total. The van der Waals surface area contributed by atoms with E-state index in [1.807, 2.05) is 24.3 Å². The first-order valence-electron chi connectivity index (χ1n) is 6.83. The van der Waals surface area contributed by atoms with Gasteiger partial charge in [-0.2, -0.15) is 0 Å². The number of morpholine rings is 1. The Balaban J connectivity index is 1.81. The summed E-state index contributed by atoms with van der Waals surface area (Å²) in [4.78, 5) is 2.41. The molecule has 1 saturated heterocycles. The first kappa shape index (κ1) is 16.3. The summed E-state index contributed by atoms with van der Waals surface area (Å²) < 4.78 is 12.8. The predicted octanol–water partition coefficient (Wildman–Crippen LogP) is 3.70. The lowest BCUT2D eigenvalue weighted by Gasteiger charge is -2.42. The summed E-state index contributed by atoms with van der Waals surface area (Å²) in [6.07, 6.45) is 0.254. The van der Waals surface area contributed by atoms with Crippen molar-refractivity contribution in [3.63, 3.8) is 0 Å². The van der Waals surface area contributed by atoms with Gasteiger partial charge >= 0.3 is 0 Å². The van der Waals surface area contributed by atoms with E-state index in [1.165, 1.54) is 0 Å². The van der Waals surface area contributed by atoms with Crippen LogP contribution in [0, 0.1) is 0 Å². The molecule has 0 radical (unpaired) electrons. The molecular formula is C15H21Br2NO2. The molecular weight excluding hydrogens is 386 g/mol. The highest BCUT2D eigenvalue weighted by Crippen LogP contribution is 2.22. The van der Waals surface area contributed by atoms with Gasteiger partial charge in [0.1, 0.15) is 12.4 Å². The SMILES string of the molecule is CC1(C)CN(CCOc2cccc(Br)c2)CC(CBr)O1. The Kier molecular flexibility index (Phi) is 5.90. The van der Waals surface area contributed by atoms with Crippen LogP contribution < -0.4 is 4.74 Å². The highest BCUT2D eigenvalue weighted by Gasteiger charge is 2.32. The summed E-state index contributed by atoms with van der Waals surface area (Å²) in [6.45, 7) is 7.80. The second kappa shape index (κ2) is 7.25. The van der Waals surface area contributed by atoms with Gasteiger partial charge in [-0.05, 0) is 32.0 Å². The lowest BCUT2D eigenvalue weighted by atomic mass is 10.1. The Morgan fingerprint density at radius 3 is 2.95 bits per heavy atom. The molecule has 5 heteroatoms. The zero-order chi connectivity index (χ0) is 14.6. The van der Waals surface area contributed by atoms with Gasteiger partial charge in [-0.1, -0.05) is 37.9 Å². The smallest absolute Gasteiger partial charge is 0.120 e. The molecule has 20 heavy (non-hydrogen) atoms. The third-order valence-corrected chi connectivity index (χ3v) is 4.41. The quantitative estimate of drug-likeness (QED) is 0.696. The van der Waals surface area contributed by atoms with E-state index in [1.54, 1.807) is 0 Å². The number of nitrogens with zero attached hydrogens (tertiary/aromatic N) is 1. The first-order chi connectivity index (χ1) is 9.48. The van der Waals surface area contributed by atoms with Crippen molar-refractivity contribution in [3.05, 3.63) is 28.7 Å². The summed E-state index contributed by atoms with van der Waals surface area (Å²) in [7, 11) is 0. The third-order valence-electron chi connectivity index (χ3n) is 3.20. The minimum atomic E-state index is -0.0908. The molecule has 1 atom stereocenters. The second-order valence-corrected chi connectivity index (χ2v) is 7.26. The van der Waals surface area contributed by atoms with Gasteiger partial charge < -0.3 is 9.47 Å². The fourth-order valence-corrected chi connectivity index (χ4v) is 3.23. The van der Waals surface area contributed by atoms with Gasteiger partial charge in [-0.15, -0.1) is 0 Å². The average Bonchev–Trinajstić information content (AvgIpc) is 2.37. The molecule has 1 aliphatic heterocycles. The maximum absolute atomic E-state index is 6.00. The van der Waals surface area contributed by atoms with E-state index in [4.69, 9.17) is 9.47 Å². The Morgan fingerprint density at radius 2 is 2.25 bits per heavy atom. The summed E-state index contributed by atoms with van der Waals surface area (Å²) in [6, 6.07) is 7.95.